The van der Waals surface area contributed by atoms with E-state index in [1.807, 2.05) is 18.2 Å². The zero-order valence-corrected chi connectivity index (χ0v) is 14.8. The Kier molecular flexibility index (Phi) is 4.82. The molecular formula is C20H20N4O3. The van der Waals surface area contributed by atoms with Crippen LogP contribution in [-0.4, -0.2) is 46.3 Å². The van der Waals surface area contributed by atoms with Crippen LogP contribution in [0.5, 0.6) is 0 Å². The second-order valence-corrected chi connectivity index (χ2v) is 6.73. The first-order valence-corrected chi connectivity index (χ1v) is 9.01. The first-order chi connectivity index (χ1) is 13.2. The fourth-order valence-corrected chi connectivity index (χ4v) is 2.98. The molecule has 1 aliphatic rings. The van der Waals surface area contributed by atoms with Crippen LogP contribution in [0.3, 0.4) is 0 Å². The average Bonchev–Trinajstić information content (AvgIpc) is 3.35. The van der Waals surface area contributed by atoms with Crippen LogP contribution in [0.1, 0.15) is 33.8 Å². The number of rotatable bonds is 7. The van der Waals surface area contributed by atoms with Crippen molar-refractivity contribution >= 4 is 22.7 Å². The van der Waals surface area contributed by atoms with E-state index in [-0.39, 0.29) is 17.6 Å². The minimum atomic E-state index is -0.191. The smallest absolute Gasteiger partial charge is 0.291 e. The van der Waals surface area contributed by atoms with Gasteiger partial charge in [0.25, 0.3) is 11.8 Å². The fraction of sp³-hybridized carbons (Fsp3) is 0.300. The fourth-order valence-electron chi connectivity index (χ4n) is 2.98. The van der Waals surface area contributed by atoms with E-state index in [2.05, 4.69) is 15.3 Å². The number of carbonyl (C=O) groups is 2. The SMILES string of the molecule is O=C(NCCN(CC1CC1)C(=O)c1cnco1)c1ccc2cccnc2c1. The van der Waals surface area contributed by atoms with Crippen LogP contribution in [0.15, 0.2) is 53.5 Å². The van der Waals surface area contributed by atoms with Gasteiger partial charge in [-0.15, -0.1) is 0 Å². The van der Waals surface area contributed by atoms with Crippen molar-refractivity contribution in [2.75, 3.05) is 19.6 Å². The Morgan fingerprint density at radius 3 is 2.93 bits per heavy atom. The minimum Gasteiger partial charge on any atom is -0.438 e. The Morgan fingerprint density at radius 1 is 1.26 bits per heavy atom. The second-order valence-electron chi connectivity index (χ2n) is 6.73. The minimum absolute atomic E-state index is 0.180. The molecule has 1 saturated carbocycles. The molecule has 1 aromatic carbocycles. The van der Waals surface area contributed by atoms with Crippen LogP contribution in [0, 0.1) is 5.92 Å². The normalized spacial score (nSPS) is 13.5. The molecule has 7 heteroatoms. The highest BCUT2D eigenvalue weighted by Crippen LogP contribution is 2.30. The van der Waals surface area contributed by atoms with Crippen LogP contribution >= 0.6 is 0 Å². The van der Waals surface area contributed by atoms with Gasteiger partial charge < -0.3 is 14.6 Å². The van der Waals surface area contributed by atoms with Crippen LogP contribution < -0.4 is 5.32 Å². The molecule has 27 heavy (non-hydrogen) atoms. The largest absolute Gasteiger partial charge is 0.438 e. The lowest BCUT2D eigenvalue weighted by molar-refractivity contribution is 0.0710. The number of aromatic nitrogens is 2. The molecule has 1 aliphatic carbocycles. The van der Waals surface area contributed by atoms with Gasteiger partial charge in [0.2, 0.25) is 5.76 Å². The third kappa shape index (κ3) is 4.13. The molecule has 0 bridgehead atoms. The molecule has 0 spiro atoms. The highest BCUT2D eigenvalue weighted by molar-refractivity contribution is 5.97. The van der Waals surface area contributed by atoms with Gasteiger partial charge in [0.1, 0.15) is 0 Å². The van der Waals surface area contributed by atoms with Crippen LogP contribution in [0.2, 0.25) is 0 Å². The summed E-state index contributed by atoms with van der Waals surface area (Å²) in [5, 5.41) is 3.87. The molecule has 0 saturated heterocycles. The Balaban J connectivity index is 1.37. The van der Waals surface area contributed by atoms with Gasteiger partial charge in [-0.2, -0.15) is 0 Å². The van der Waals surface area contributed by atoms with E-state index in [1.54, 1.807) is 23.2 Å². The third-order valence-corrected chi connectivity index (χ3v) is 4.64. The highest BCUT2D eigenvalue weighted by Gasteiger charge is 2.28. The molecule has 4 rings (SSSR count). The quantitative estimate of drug-likeness (QED) is 0.696. The van der Waals surface area contributed by atoms with Gasteiger partial charge in [0.05, 0.1) is 11.7 Å². The lowest BCUT2D eigenvalue weighted by atomic mass is 10.1. The van der Waals surface area contributed by atoms with Gasteiger partial charge in [0.15, 0.2) is 6.39 Å². The highest BCUT2D eigenvalue weighted by atomic mass is 16.3. The molecule has 2 aromatic heterocycles. The van der Waals surface area contributed by atoms with Crippen molar-refractivity contribution < 1.29 is 14.0 Å². The number of pyridine rings is 1. The molecule has 1 N–H and O–H groups in total. The predicted octanol–water partition coefficient (Wildman–Crippen LogP) is 2.50. The number of hydrogen-bond acceptors (Lipinski definition) is 5. The van der Waals surface area contributed by atoms with E-state index in [0.29, 0.717) is 31.1 Å². The number of benzene rings is 1. The first-order valence-electron chi connectivity index (χ1n) is 9.01. The molecule has 0 unspecified atom stereocenters. The molecule has 1 fully saturated rings. The molecule has 0 aliphatic heterocycles. The molecule has 138 valence electrons. The van der Waals surface area contributed by atoms with Crippen molar-refractivity contribution in [3.05, 3.63) is 60.4 Å². The zero-order valence-electron chi connectivity index (χ0n) is 14.8. The van der Waals surface area contributed by atoms with E-state index in [1.165, 1.54) is 12.6 Å². The summed E-state index contributed by atoms with van der Waals surface area (Å²) in [6, 6.07) is 9.24. The summed E-state index contributed by atoms with van der Waals surface area (Å²) >= 11 is 0. The predicted molar refractivity (Wildman–Crippen MR) is 99.2 cm³/mol. The van der Waals surface area contributed by atoms with Crippen molar-refractivity contribution in [3.63, 3.8) is 0 Å². The lowest BCUT2D eigenvalue weighted by Crippen LogP contribution is -2.39. The maximum absolute atomic E-state index is 12.5. The number of nitrogens with one attached hydrogen (secondary N) is 1. The van der Waals surface area contributed by atoms with Crippen LogP contribution in [0.25, 0.3) is 10.9 Å². The molecule has 7 nitrogen and oxygen atoms in total. The van der Waals surface area contributed by atoms with Crippen LogP contribution in [-0.2, 0) is 0 Å². The van der Waals surface area contributed by atoms with Crippen molar-refractivity contribution in [1.82, 2.24) is 20.2 Å². The second kappa shape index (κ2) is 7.57. The molecular weight excluding hydrogens is 344 g/mol. The topological polar surface area (TPSA) is 88.3 Å². The Labute approximate surface area is 156 Å². The average molecular weight is 364 g/mol. The van der Waals surface area contributed by atoms with Gasteiger partial charge >= 0.3 is 0 Å². The van der Waals surface area contributed by atoms with E-state index < -0.39 is 0 Å². The van der Waals surface area contributed by atoms with Gasteiger partial charge in [-0.05, 0) is 37.0 Å². The number of amides is 2. The summed E-state index contributed by atoms with van der Waals surface area (Å²) < 4.78 is 5.12. The number of fused-ring (bicyclic) bond motifs is 1. The summed E-state index contributed by atoms with van der Waals surface area (Å²) in [6.45, 7) is 1.47. The van der Waals surface area contributed by atoms with Gasteiger partial charge in [0, 0.05) is 36.8 Å². The molecule has 2 heterocycles. The number of oxazole rings is 1. The summed E-state index contributed by atoms with van der Waals surface area (Å²) in [7, 11) is 0. The van der Waals surface area contributed by atoms with Crippen molar-refractivity contribution in [2.45, 2.75) is 12.8 Å². The Hall–Kier alpha value is -3.22. The summed E-state index contributed by atoms with van der Waals surface area (Å²) in [4.78, 5) is 34.8. The molecule has 0 radical (unpaired) electrons. The van der Waals surface area contributed by atoms with Gasteiger partial charge in [-0.25, -0.2) is 4.98 Å². The first kappa shape index (κ1) is 17.2. The molecule has 2 amide bonds. The van der Waals surface area contributed by atoms with E-state index in [0.717, 1.165) is 23.7 Å². The van der Waals surface area contributed by atoms with Crippen LogP contribution in [0.4, 0.5) is 0 Å². The van der Waals surface area contributed by atoms with Gasteiger partial charge in [-0.1, -0.05) is 12.1 Å². The van der Waals surface area contributed by atoms with Gasteiger partial charge in [-0.3, -0.25) is 14.6 Å². The maximum atomic E-state index is 12.5. The maximum Gasteiger partial charge on any atom is 0.291 e. The monoisotopic (exact) mass is 364 g/mol. The summed E-state index contributed by atoms with van der Waals surface area (Å²) in [6.07, 6.45) is 6.64. The lowest BCUT2D eigenvalue weighted by Gasteiger charge is -2.21. The Bertz CT molecular complexity index is 951. The summed E-state index contributed by atoms with van der Waals surface area (Å²) in [5.74, 6) is 0.395. The van der Waals surface area contributed by atoms with Crippen molar-refractivity contribution in [2.24, 2.45) is 5.92 Å². The van der Waals surface area contributed by atoms with E-state index >= 15 is 0 Å². The zero-order chi connectivity index (χ0) is 18.6. The van der Waals surface area contributed by atoms with Crippen molar-refractivity contribution in [1.29, 1.82) is 0 Å². The van der Waals surface area contributed by atoms with Crippen molar-refractivity contribution in [3.8, 4) is 0 Å². The number of nitrogens with zero attached hydrogens (tertiary/aromatic N) is 3. The van der Waals surface area contributed by atoms with E-state index in [9.17, 15) is 9.59 Å². The van der Waals surface area contributed by atoms with E-state index in [4.69, 9.17) is 4.42 Å². The third-order valence-electron chi connectivity index (χ3n) is 4.64. The Morgan fingerprint density at radius 2 is 2.15 bits per heavy atom. The summed E-state index contributed by atoms with van der Waals surface area (Å²) in [5.41, 5.74) is 1.33. The molecule has 3 aromatic rings. The number of carbonyl (C=O) groups excluding carboxylic acids is 2. The molecule has 0 atom stereocenters. The number of hydrogen-bond donors (Lipinski definition) is 1. The standard InChI is InChI=1S/C20H20N4O3/c25-19(16-6-5-15-2-1-7-22-17(15)10-16)23-8-9-24(12-14-3-4-14)20(26)18-11-21-13-27-18/h1-2,5-7,10-11,13-14H,3-4,8-9,12H2,(H,23,25).